The lowest BCUT2D eigenvalue weighted by Gasteiger charge is -2.28. The Hall–Kier alpha value is -0.610. The molecule has 0 radical (unpaired) electrons. The molecule has 86 valence electrons. The Morgan fingerprint density at radius 1 is 1.62 bits per heavy atom. The molecule has 16 heavy (non-hydrogen) atoms. The monoisotopic (exact) mass is 299 g/mol. The molecule has 1 N–H and O–H groups in total. The zero-order chi connectivity index (χ0) is 11.5. The van der Waals surface area contributed by atoms with Crippen LogP contribution in [-0.2, 0) is 11.2 Å². The third-order valence-electron chi connectivity index (χ3n) is 2.70. The van der Waals surface area contributed by atoms with E-state index in [1.807, 2.05) is 11.4 Å². The van der Waals surface area contributed by atoms with E-state index >= 15 is 0 Å². The average Bonchev–Trinajstić information content (AvgIpc) is 2.57. The Morgan fingerprint density at radius 2 is 2.38 bits per heavy atom. The lowest BCUT2D eigenvalue weighted by molar-refractivity contribution is -0.120. The fourth-order valence-corrected chi connectivity index (χ4v) is 3.28. The van der Waals surface area contributed by atoms with Gasteiger partial charge in [-0.15, -0.1) is 11.3 Å². The number of carbonyl (C=O) groups is 1. The van der Waals surface area contributed by atoms with Crippen LogP contribution in [0.5, 0.6) is 0 Å². The summed E-state index contributed by atoms with van der Waals surface area (Å²) in [7, 11) is 0. The molecule has 0 atom stereocenters. The van der Waals surface area contributed by atoms with Crippen molar-refractivity contribution in [3.05, 3.63) is 32.9 Å². The van der Waals surface area contributed by atoms with Crippen LogP contribution in [0.1, 0.15) is 17.7 Å². The third-order valence-corrected chi connectivity index (χ3v) is 4.40. The van der Waals surface area contributed by atoms with Crippen LogP contribution in [0.15, 0.2) is 28.1 Å². The molecule has 1 heterocycles. The van der Waals surface area contributed by atoms with Crippen molar-refractivity contribution in [3.8, 4) is 0 Å². The largest absolute Gasteiger partial charge is 0.355 e. The lowest BCUT2D eigenvalue weighted by atomic mass is 9.81. The Morgan fingerprint density at radius 3 is 2.94 bits per heavy atom. The number of thiophene rings is 1. The summed E-state index contributed by atoms with van der Waals surface area (Å²) < 4.78 is 1.05. The first kappa shape index (κ1) is 11.9. The Kier molecular flexibility index (Phi) is 3.82. The van der Waals surface area contributed by atoms with Crippen molar-refractivity contribution in [2.24, 2.45) is 5.92 Å². The predicted octanol–water partition coefficient (Wildman–Crippen LogP) is 3.14. The van der Waals surface area contributed by atoms with E-state index in [1.54, 1.807) is 11.3 Å². The fourth-order valence-electron chi connectivity index (χ4n) is 1.83. The molecule has 2 nitrogen and oxygen atoms in total. The van der Waals surface area contributed by atoms with Gasteiger partial charge in [0, 0.05) is 21.3 Å². The van der Waals surface area contributed by atoms with Crippen molar-refractivity contribution in [1.29, 1.82) is 0 Å². The van der Waals surface area contributed by atoms with Gasteiger partial charge >= 0.3 is 0 Å². The SMILES string of the molecule is C=C1CC(CNC(=O)Cc2cc(Br)cs2)C1. The second-order valence-electron chi connectivity index (χ2n) is 4.24. The van der Waals surface area contributed by atoms with Crippen LogP contribution in [0.2, 0.25) is 0 Å². The maximum atomic E-state index is 11.6. The van der Waals surface area contributed by atoms with E-state index in [0.29, 0.717) is 12.3 Å². The maximum Gasteiger partial charge on any atom is 0.225 e. The molecule has 0 unspecified atom stereocenters. The molecule has 4 heteroatoms. The molecular formula is C12H14BrNOS. The van der Waals surface area contributed by atoms with Crippen LogP contribution in [0.3, 0.4) is 0 Å². The summed E-state index contributed by atoms with van der Waals surface area (Å²) in [6.07, 6.45) is 2.64. The number of hydrogen-bond acceptors (Lipinski definition) is 2. The standard InChI is InChI=1S/C12H14BrNOS/c1-8-2-9(3-8)6-14-12(15)5-11-4-10(13)7-16-11/h4,7,9H,1-3,5-6H2,(H,14,15). The topological polar surface area (TPSA) is 29.1 Å². The van der Waals surface area contributed by atoms with E-state index in [-0.39, 0.29) is 5.91 Å². The average molecular weight is 300 g/mol. The molecule has 2 rings (SSSR count). The van der Waals surface area contributed by atoms with E-state index in [9.17, 15) is 4.79 Å². The van der Waals surface area contributed by atoms with Crippen LogP contribution < -0.4 is 5.32 Å². The summed E-state index contributed by atoms with van der Waals surface area (Å²) >= 11 is 4.99. The number of nitrogens with one attached hydrogen (secondary N) is 1. The van der Waals surface area contributed by atoms with Gasteiger partial charge in [-0.1, -0.05) is 12.2 Å². The molecule has 1 saturated carbocycles. The van der Waals surface area contributed by atoms with Crippen LogP contribution >= 0.6 is 27.3 Å². The van der Waals surface area contributed by atoms with Crippen LogP contribution in [0, 0.1) is 5.92 Å². The Bertz CT molecular complexity index is 405. The maximum absolute atomic E-state index is 11.6. The van der Waals surface area contributed by atoms with Gasteiger partial charge in [0.15, 0.2) is 0 Å². The zero-order valence-corrected chi connectivity index (χ0v) is 11.4. The molecule has 0 saturated heterocycles. The third kappa shape index (κ3) is 3.19. The van der Waals surface area contributed by atoms with E-state index in [0.717, 1.165) is 28.7 Å². The molecule has 1 fully saturated rings. The second kappa shape index (κ2) is 5.15. The van der Waals surface area contributed by atoms with Crippen molar-refractivity contribution in [3.63, 3.8) is 0 Å². The zero-order valence-electron chi connectivity index (χ0n) is 8.96. The number of halogens is 1. The molecule has 1 aromatic heterocycles. The van der Waals surface area contributed by atoms with Gasteiger partial charge in [-0.3, -0.25) is 4.79 Å². The smallest absolute Gasteiger partial charge is 0.225 e. The summed E-state index contributed by atoms with van der Waals surface area (Å²) in [4.78, 5) is 12.7. The van der Waals surface area contributed by atoms with Crippen molar-refractivity contribution >= 4 is 33.2 Å². The summed E-state index contributed by atoms with van der Waals surface area (Å²) in [6, 6.07) is 2.00. The van der Waals surface area contributed by atoms with E-state index < -0.39 is 0 Å². The normalized spacial score (nSPS) is 15.9. The quantitative estimate of drug-likeness (QED) is 0.850. The highest BCUT2D eigenvalue weighted by Gasteiger charge is 2.21. The minimum Gasteiger partial charge on any atom is -0.355 e. The molecule has 1 aliphatic carbocycles. The molecule has 0 aliphatic heterocycles. The number of amides is 1. The number of carbonyl (C=O) groups excluding carboxylic acids is 1. The van der Waals surface area contributed by atoms with Gasteiger partial charge in [0.1, 0.15) is 0 Å². The van der Waals surface area contributed by atoms with Gasteiger partial charge in [0.05, 0.1) is 6.42 Å². The first-order valence-corrected chi connectivity index (χ1v) is 6.97. The van der Waals surface area contributed by atoms with Gasteiger partial charge in [0.25, 0.3) is 0 Å². The summed E-state index contributed by atoms with van der Waals surface area (Å²) in [6.45, 7) is 4.69. The highest BCUT2D eigenvalue weighted by Crippen LogP contribution is 2.30. The predicted molar refractivity (Wildman–Crippen MR) is 70.6 cm³/mol. The van der Waals surface area contributed by atoms with E-state index in [2.05, 4.69) is 27.8 Å². The van der Waals surface area contributed by atoms with Crippen LogP contribution in [-0.4, -0.2) is 12.5 Å². The molecule has 1 amide bonds. The number of allylic oxidation sites excluding steroid dienone is 1. The first-order chi connectivity index (χ1) is 7.63. The number of rotatable bonds is 4. The first-order valence-electron chi connectivity index (χ1n) is 5.30. The minimum absolute atomic E-state index is 0.117. The van der Waals surface area contributed by atoms with E-state index in [1.165, 1.54) is 5.57 Å². The molecule has 0 bridgehead atoms. The molecule has 0 spiro atoms. The van der Waals surface area contributed by atoms with Crippen molar-refractivity contribution in [2.45, 2.75) is 19.3 Å². The minimum atomic E-state index is 0.117. The molecular weight excluding hydrogens is 286 g/mol. The van der Waals surface area contributed by atoms with Crippen molar-refractivity contribution in [2.75, 3.05) is 6.54 Å². The van der Waals surface area contributed by atoms with Gasteiger partial charge < -0.3 is 5.32 Å². The Labute approximate surface area is 108 Å². The molecule has 1 aromatic rings. The van der Waals surface area contributed by atoms with Gasteiger partial charge in [-0.2, -0.15) is 0 Å². The van der Waals surface area contributed by atoms with Gasteiger partial charge in [-0.25, -0.2) is 0 Å². The highest BCUT2D eigenvalue weighted by molar-refractivity contribution is 9.10. The Balaban J connectivity index is 1.70. The summed E-state index contributed by atoms with van der Waals surface area (Å²) in [5.74, 6) is 0.735. The summed E-state index contributed by atoms with van der Waals surface area (Å²) in [5, 5.41) is 4.97. The van der Waals surface area contributed by atoms with Crippen LogP contribution in [0.25, 0.3) is 0 Å². The van der Waals surface area contributed by atoms with Crippen molar-refractivity contribution < 1.29 is 4.79 Å². The highest BCUT2D eigenvalue weighted by atomic mass is 79.9. The van der Waals surface area contributed by atoms with Crippen molar-refractivity contribution in [1.82, 2.24) is 5.32 Å². The second-order valence-corrected chi connectivity index (χ2v) is 6.15. The van der Waals surface area contributed by atoms with Crippen LogP contribution in [0.4, 0.5) is 0 Å². The summed E-state index contributed by atoms with van der Waals surface area (Å²) in [5.41, 5.74) is 1.31. The van der Waals surface area contributed by atoms with Gasteiger partial charge in [0.2, 0.25) is 5.91 Å². The van der Waals surface area contributed by atoms with Gasteiger partial charge in [-0.05, 0) is 40.8 Å². The molecule has 0 aromatic carbocycles. The fraction of sp³-hybridized carbons (Fsp3) is 0.417. The lowest BCUT2D eigenvalue weighted by Crippen LogP contribution is -2.33. The van der Waals surface area contributed by atoms with E-state index in [4.69, 9.17) is 0 Å². The molecule has 1 aliphatic rings. The number of hydrogen-bond donors (Lipinski definition) is 1.